The summed E-state index contributed by atoms with van der Waals surface area (Å²) in [4.78, 5) is 43.1. The lowest BCUT2D eigenvalue weighted by molar-refractivity contribution is -0.144. The second-order valence-electron chi connectivity index (χ2n) is 10.1. The van der Waals surface area contributed by atoms with Crippen molar-refractivity contribution in [2.45, 2.75) is 56.3 Å². The number of fused-ring (bicyclic) bond motifs is 1. The fraction of sp³-hybridized carbons (Fsp3) is 0.464. The molecular weight excluding hydrogens is 494 g/mol. The highest BCUT2D eigenvalue weighted by Gasteiger charge is 2.78. The Kier molecular flexibility index (Phi) is 7.00. The minimum atomic E-state index is -1.10. The molecule has 0 radical (unpaired) electrons. The highest BCUT2D eigenvalue weighted by Crippen LogP contribution is 2.64. The first-order valence-corrected chi connectivity index (χ1v) is 13.3. The van der Waals surface area contributed by atoms with Gasteiger partial charge in [-0.15, -0.1) is 0 Å². The van der Waals surface area contributed by atoms with Crippen LogP contribution < -0.4 is 10.6 Å². The molecule has 3 saturated heterocycles. The normalized spacial score (nSPS) is 29.9. The van der Waals surface area contributed by atoms with Gasteiger partial charge in [-0.2, -0.15) is 0 Å². The maximum atomic E-state index is 14.0. The number of aliphatic hydroxyl groups is 1. The van der Waals surface area contributed by atoms with Gasteiger partial charge in [0.05, 0.1) is 17.4 Å². The second kappa shape index (κ2) is 10.1. The van der Waals surface area contributed by atoms with E-state index in [1.54, 1.807) is 41.3 Å². The van der Waals surface area contributed by atoms with Crippen molar-refractivity contribution in [2.24, 2.45) is 11.8 Å². The summed E-state index contributed by atoms with van der Waals surface area (Å²) < 4.78 is 6.73. The molecule has 0 aliphatic carbocycles. The summed E-state index contributed by atoms with van der Waals surface area (Å²) in [5.74, 6) is -2.33. The molecule has 5 atom stereocenters. The third-order valence-corrected chi connectivity index (χ3v) is 8.42. The van der Waals surface area contributed by atoms with Crippen molar-refractivity contribution in [2.75, 3.05) is 23.8 Å². The van der Waals surface area contributed by atoms with E-state index in [9.17, 15) is 19.5 Å². The summed E-state index contributed by atoms with van der Waals surface area (Å²) in [5, 5.41) is 15.8. The molecule has 3 heterocycles. The van der Waals surface area contributed by atoms with Crippen molar-refractivity contribution in [3.8, 4) is 0 Å². The average molecular weight is 526 g/mol. The van der Waals surface area contributed by atoms with Gasteiger partial charge < -0.3 is 25.4 Å². The number of benzene rings is 2. The second-order valence-corrected chi connectivity index (χ2v) is 10.6. The number of halogens is 1. The quantitative estimate of drug-likeness (QED) is 0.431. The number of rotatable bonds is 9. The van der Waals surface area contributed by atoms with E-state index in [0.29, 0.717) is 55.0 Å². The number of nitrogens with zero attached hydrogens (tertiary/aromatic N) is 1. The van der Waals surface area contributed by atoms with Crippen LogP contribution in [0.1, 0.15) is 39.0 Å². The molecule has 8 nitrogen and oxygen atoms in total. The van der Waals surface area contributed by atoms with E-state index in [-0.39, 0.29) is 24.3 Å². The van der Waals surface area contributed by atoms with Gasteiger partial charge in [0, 0.05) is 29.5 Å². The fourth-order valence-electron chi connectivity index (χ4n) is 6.54. The zero-order chi connectivity index (χ0) is 26.2. The van der Waals surface area contributed by atoms with E-state index in [4.69, 9.17) is 16.3 Å². The van der Waals surface area contributed by atoms with E-state index in [0.717, 1.165) is 0 Å². The number of carbonyl (C=O) groups is 3. The summed E-state index contributed by atoms with van der Waals surface area (Å²) in [6.45, 7) is 2.26. The maximum Gasteiger partial charge on any atom is 0.250 e. The number of unbranched alkanes of at least 4 members (excludes halogenated alkanes) is 1. The first-order chi connectivity index (χ1) is 17.8. The number of hydrogen-bond acceptors (Lipinski definition) is 5. The summed E-state index contributed by atoms with van der Waals surface area (Å²) >= 11 is 6.00. The van der Waals surface area contributed by atoms with Crippen molar-refractivity contribution in [1.82, 2.24) is 4.90 Å². The number of hydrogen-bond donors (Lipinski definition) is 3. The molecule has 37 heavy (non-hydrogen) atoms. The smallest absolute Gasteiger partial charge is 0.250 e. The molecule has 5 rings (SSSR count). The molecule has 2 aromatic rings. The van der Waals surface area contributed by atoms with Crippen molar-refractivity contribution in [3.05, 3.63) is 59.6 Å². The van der Waals surface area contributed by atoms with Crippen LogP contribution in [-0.2, 0) is 19.1 Å². The van der Waals surface area contributed by atoms with Gasteiger partial charge in [-0.05, 0) is 68.5 Å². The van der Waals surface area contributed by atoms with E-state index in [2.05, 4.69) is 10.6 Å². The number of anilines is 2. The van der Waals surface area contributed by atoms with Crippen molar-refractivity contribution < 1.29 is 24.2 Å². The van der Waals surface area contributed by atoms with Gasteiger partial charge in [0.25, 0.3) is 0 Å². The molecule has 3 aliphatic rings. The third-order valence-electron chi connectivity index (χ3n) is 8.17. The Labute approximate surface area is 221 Å². The number of para-hydroxylation sites is 1. The van der Waals surface area contributed by atoms with E-state index >= 15 is 0 Å². The van der Waals surface area contributed by atoms with Gasteiger partial charge in [-0.1, -0.05) is 36.7 Å². The van der Waals surface area contributed by atoms with Crippen LogP contribution in [0.2, 0.25) is 5.02 Å². The first kappa shape index (κ1) is 25.7. The highest BCUT2D eigenvalue weighted by molar-refractivity contribution is 6.30. The first-order valence-electron chi connectivity index (χ1n) is 12.9. The Morgan fingerprint density at radius 1 is 1.03 bits per heavy atom. The zero-order valence-corrected chi connectivity index (χ0v) is 21.5. The Hall–Kier alpha value is -2.94. The lowest BCUT2D eigenvalue weighted by Crippen LogP contribution is -2.53. The van der Waals surface area contributed by atoms with E-state index in [1.165, 1.54) is 0 Å². The molecule has 2 bridgehead atoms. The number of amides is 3. The number of nitrogens with one attached hydrogen (secondary N) is 2. The molecule has 1 spiro atoms. The molecule has 3 N–H and O–H groups in total. The monoisotopic (exact) mass is 525 g/mol. The molecule has 3 amide bonds. The fourth-order valence-corrected chi connectivity index (χ4v) is 6.66. The number of aliphatic hydroxyl groups excluding tert-OH is 1. The Morgan fingerprint density at radius 2 is 1.70 bits per heavy atom. The van der Waals surface area contributed by atoms with Crippen molar-refractivity contribution >= 4 is 40.7 Å². The summed E-state index contributed by atoms with van der Waals surface area (Å²) in [5.41, 5.74) is -0.692. The third kappa shape index (κ3) is 4.31. The van der Waals surface area contributed by atoms with Crippen molar-refractivity contribution in [3.63, 3.8) is 0 Å². The summed E-state index contributed by atoms with van der Waals surface area (Å²) in [6.07, 6.45) is 2.71. The van der Waals surface area contributed by atoms with Gasteiger partial charge in [0.1, 0.15) is 11.6 Å². The van der Waals surface area contributed by atoms with Crippen LogP contribution >= 0.6 is 11.6 Å². The van der Waals surface area contributed by atoms with Gasteiger partial charge in [-0.25, -0.2) is 0 Å². The molecule has 9 heteroatoms. The molecule has 3 fully saturated rings. The maximum absolute atomic E-state index is 14.0. The van der Waals surface area contributed by atoms with Crippen LogP contribution in [0.5, 0.6) is 0 Å². The van der Waals surface area contributed by atoms with Crippen LogP contribution in [0.3, 0.4) is 0 Å². The highest BCUT2D eigenvalue weighted by atomic mass is 35.5. The Balaban J connectivity index is 1.50. The van der Waals surface area contributed by atoms with Gasteiger partial charge >= 0.3 is 0 Å². The van der Waals surface area contributed by atoms with Crippen LogP contribution in [-0.4, -0.2) is 58.1 Å². The van der Waals surface area contributed by atoms with E-state index in [1.807, 2.05) is 25.1 Å². The van der Waals surface area contributed by atoms with Gasteiger partial charge in [0.2, 0.25) is 17.7 Å². The molecule has 0 saturated carbocycles. The summed E-state index contributed by atoms with van der Waals surface area (Å²) in [7, 11) is 0. The topological polar surface area (TPSA) is 108 Å². The number of carbonyl (C=O) groups excluding carboxylic acids is 3. The Bertz CT molecular complexity index is 1180. The minimum absolute atomic E-state index is 0.00417. The van der Waals surface area contributed by atoms with E-state index < -0.39 is 29.1 Å². The molecule has 2 aromatic carbocycles. The molecule has 2 unspecified atom stereocenters. The molecule has 3 aliphatic heterocycles. The molecule has 0 aromatic heterocycles. The largest absolute Gasteiger partial charge is 0.396 e. The van der Waals surface area contributed by atoms with Crippen LogP contribution in [0.25, 0.3) is 0 Å². The number of ether oxygens (including phenoxy) is 1. The van der Waals surface area contributed by atoms with Gasteiger partial charge in [0.15, 0.2) is 0 Å². The standard InChI is InChI=1S/C28H32ClN3O5/c1-2-27-14-15-28(37-27)22(21(27)24(34)30-19-8-4-3-5-9-19)26(36)32(16-6-7-17-33)23(28)25(35)31-20-12-10-18(29)11-13-20/h3-5,8-13,21-23,33H,2,6-7,14-17H2,1H3,(H,30,34)(H,31,35)/t21-,22-,23?,27+,28?/m0/s1. The molecular formula is C28H32ClN3O5. The predicted octanol–water partition coefficient (Wildman–Crippen LogP) is 3.84. The average Bonchev–Trinajstić information content (AvgIpc) is 3.50. The lowest BCUT2D eigenvalue weighted by Gasteiger charge is -2.34. The van der Waals surface area contributed by atoms with Crippen LogP contribution in [0, 0.1) is 11.8 Å². The SMILES string of the molecule is CC[C@]12CCC3(O1)C(C(=O)Nc1ccc(Cl)cc1)N(CCCCO)C(=O)[C@@H]3[C@H]2C(=O)Nc1ccccc1. The predicted molar refractivity (Wildman–Crippen MR) is 140 cm³/mol. The lowest BCUT2D eigenvalue weighted by atomic mass is 9.65. The minimum Gasteiger partial charge on any atom is -0.396 e. The number of likely N-dealkylation sites (tertiary alicyclic amines) is 1. The van der Waals surface area contributed by atoms with Crippen LogP contribution in [0.15, 0.2) is 54.6 Å². The Morgan fingerprint density at radius 3 is 2.38 bits per heavy atom. The zero-order valence-electron chi connectivity index (χ0n) is 20.8. The molecule has 196 valence electrons. The summed E-state index contributed by atoms with van der Waals surface area (Å²) in [6, 6.07) is 15.1. The van der Waals surface area contributed by atoms with Crippen molar-refractivity contribution in [1.29, 1.82) is 0 Å². The van der Waals surface area contributed by atoms with Crippen LogP contribution in [0.4, 0.5) is 11.4 Å². The van der Waals surface area contributed by atoms with Gasteiger partial charge in [-0.3, -0.25) is 14.4 Å².